The second kappa shape index (κ2) is 5.55. The summed E-state index contributed by atoms with van der Waals surface area (Å²) in [5, 5.41) is 0. The van der Waals surface area contributed by atoms with Gasteiger partial charge in [-0.3, -0.25) is 15.6 Å². The third kappa shape index (κ3) is 3.01. The molecule has 0 bridgehead atoms. The molecular formula is C13H11BrN2O2. The van der Waals surface area contributed by atoms with Gasteiger partial charge < -0.3 is 4.42 Å². The number of rotatable bonds is 4. The molecule has 18 heavy (non-hydrogen) atoms. The topological polar surface area (TPSA) is 54.3 Å². The predicted octanol–water partition coefficient (Wildman–Crippen LogP) is 2.95. The first-order chi connectivity index (χ1) is 8.66. The summed E-state index contributed by atoms with van der Waals surface area (Å²) in [4.78, 5) is 11.6. The Kier molecular flexibility index (Phi) is 3.84. The molecule has 0 aliphatic rings. The van der Waals surface area contributed by atoms with Gasteiger partial charge in [-0.05, 0) is 29.8 Å². The Labute approximate surface area is 113 Å². The van der Waals surface area contributed by atoms with Crippen molar-refractivity contribution in [3.63, 3.8) is 0 Å². The Bertz CT molecular complexity index is 547. The van der Waals surface area contributed by atoms with Crippen LogP contribution in [-0.2, 0) is 0 Å². The molecule has 0 radical (unpaired) electrons. The number of amides is 1. The van der Waals surface area contributed by atoms with E-state index in [0.29, 0.717) is 5.70 Å². The van der Waals surface area contributed by atoms with Gasteiger partial charge in [0, 0.05) is 4.47 Å². The minimum Gasteiger partial charge on any atom is -0.459 e. The van der Waals surface area contributed by atoms with Gasteiger partial charge in [0.1, 0.15) is 0 Å². The van der Waals surface area contributed by atoms with Crippen LogP contribution in [0.3, 0.4) is 0 Å². The molecule has 0 aliphatic carbocycles. The smallest absolute Gasteiger partial charge is 0.305 e. The van der Waals surface area contributed by atoms with Gasteiger partial charge >= 0.3 is 5.91 Å². The Morgan fingerprint density at radius 1 is 1.17 bits per heavy atom. The first-order valence-corrected chi connectivity index (χ1v) is 6.01. The standard InChI is InChI=1S/C13H11BrN2O2/c1-9(10-4-6-11(14)7-5-10)15-16-13(17)12-3-2-8-18-12/h2-8,15H,1H2,(H,16,17). The molecule has 2 N–H and O–H groups in total. The van der Waals surface area contributed by atoms with Gasteiger partial charge in [-0.25, -0.2) is 0 Å². The Balaban J connectivity index is 1.92. The SMILES string of the molecule is C=C(NNC(=O)c1ccco1)c1ccc(Br)cc1. The lowest BCUT2D eigenvalue weighted by Crippen LogP contribution is -2.35. The van der Waals surface area contributed by atoms with Crippen molar-refractivity contribution in [1.82, 2.24) is 10.9 Å². The van der Waals surface area contributed by atoms with Gasteiger partial charge in [0.15, 0.2) is 5.76 Å². The largest absolute Gasteiger partial charge is 0.459 e. The molecule has 4 nitrogen and oxygen atoms in total. The molecule has 1 aromatic heterocycles. The Hall–Kier alpha value is -2.01. The molecule has 0 fully saturated rings. The van der Waals surface area contributed by atoms with Crippen molar-refractivity contribution in [2.24, 2.45) is 0 Å². The number of nitrogens with one attached hydrogen (secondary N) is 2. The fourth-order valence-electron chi connectivity index (χ4n) is 1.32. The van der Waals surface area contributed by atoms with Crippen molar-refractivity contribution in [3.05, 3.63) is 65.0 Å². The zero-order valence-electron chi connectivity index (χ0n) is 9.44. The Morgan fingerprint density at radius 3 is 2.50 bits per heavy atom. The molecule has 92 valence electrons. The maximum Gasteiger partial charge on any atom is 0.305 e. The highest BCUT2D eigenvalue weighted by Gasteiger charge is 2.07. The van der Waals surface area contributed by atoms with Crippen LogP contribution in [0.1, 0.15) is 16.1 Å². The highest BCUT2D eigenvalue weighted by molar-refractivity contribution is 9.10. The van der Waals surface area contributed by atoms with Crippen molar-refractivity contribution in [2.45, 2.75) is 0 Å². The number of carbonyl (C=O) groups is 1. The molecule has 2 aromatic rings. The molecule has 1 heterocycles. The van der Waals surface area contributed by atoms with E-state index < -0.39 is 0 Å². The molecule has 0 atom stereocenters. The van der Waals surface area contributed by atoms with Gasteiger partial charge in [0.2, 0.25) is 0 Å². The molecule has 1 aromatic carbocycles. The molecular weight excluding hydrogens is 296 g/mol. The zero-order valence-corrected chi connectivity index (χ0v) is 11.0. The summed E-state index contributed by atoms with van der Waals surface area (Å²) in [7, 11) is 0. The lowest BCUT2D eigenvalue weighted by molar-refractivity contribution is 0.0914. The van der Waals surface area contributed by atoms with Gasteiger partial charge in [-0.15, -0.1) is 0 Å². The molecule has 0 aliphatic heterocycles. The zero-order chi connectivity index (χ0) is 13.0. The van der Waals surface area contributed by atoms with Gasteiger partial charge in [-0.2, -0.15) is 0 Å². The summed E-state index contributed by atoms with van der Waals surface area (Å²) >= 11 is 3.35. The van der Waals surface area contributed by atoms with E-state index in [-0.39, 0.29) is 11.7 Å². The highest BCUT2D eigenvalue weighted by atomic mass is 79.9. The first kappa shape index (κ1) is 12.4. The second-order valence-corrected chi connectivity index (χ2v) is 4.46. The normalized spacial score (nSPS) is 9.83. The number of hydrogen-bond donors (Lipinski definition) is 2. The van der Waals surface area contributed by atoms with E-state index in [2.05, 4.69) is 33.4 Å². The number of hydrogen-bond acceptors (Lipinski definition) is 3. The first-order valence-electron chi connectivity index (χ1n) is 5.21. The fourth-order valence-corrected chi connectivity index (χ4v) is 1.59. The van der Waals surface area contributed by atoms with Crippen LogP contribution in [0.5, 0.6) is 0 Å². The van der Waals surface area contributed by atoms with Crippen LogP contribution in [0.25, 0.3) is 5.70 Å². The summed E-state index contributed by atoms with van der Waals surface area (Å²) < 4.78 is 5.95. The molecule has 2 rings (SSSR count). The minimum atomic E-state index is -0.349. The summed E-state index contributed by atoms with van der Waals surface area (Å²) in [5.74, 6) is -0.107. The van der Waals surface area contributed by atoms with Crippen LogP contribution in [0, 0.1) is 0 Å². The van der Waals surface area contributed by atoms with Crippen LogP contribution in [-0.4, -0.2) is 5.91 Å². The average Bonchev–Trinajstić information content (AvgIpc) is 2.90. The molecule has 5 heteroatoms. The third-order valence-corrected chi connectivity index (χ3v) is 2.79. The summed E-state index contributed by atoms with van der Waals surface area (Å²) in [6, 6.07) is 10.8. The van der Waals surface area contributed by atoms with E-state index in [1.165, 1.54) is 6.26 Å². The maximum absolute atomic E-state index is 11.6. The van der Waals surface area contributed by atoms with Crippen LogP contribution in [0.15, 0.2) is 58.1 Å². The molecule has 0 saturated heterocycles. The van der Waals surface area contributed by atoms with Crippen molar-refractivity contribution in [3.8, 4) is 0 Å². The van der Waals surface area contributed by atoms with Gasteiger partial charge in [0.05, 0.1) is 12.0 Å². The van der Waals surface area contributed by atoms with Crippen molar-refractivity contribution < 1.29 is 9.21 Å². The van der Waals surface area contributed by atoms with E-state index in [1.54, 1.807) is 12.1 Å². The van der Waals surface area contributed by atoms with E-state index >= 15 is 0 Å². The quantitative estimate of drug-likeness (QED) is 0.854. The van der Waals surface area contributed by atoms with E-state index in [0.717, 1.165) is 10.0 Å². The second-order valence-electron chi connectivity index (χ2n) is 3.54. The number of benzene rings is 1. The van der Waals surface area contributed by atoms with Crippen molar-refractivity contribution >= 4 is 27.5 Å². The van der Waals surface area contributed by atoms with Crippen molar-refractivity contribution in [2.75, 3.05) is 0 Å². The van der Waals surface area contributed by atoms with Gasteiger partial charge in [0.25, 0.3) is 0 Å². The van der Waals surface area contributed by atoms with E-state index in [1.807, 2.05) is 24.3 Å². The number of hydrazine groups is 1. The average molecular weight is 307 g/mol. The lowest BCUT2D eigenvalue weighted by Gasteiger charge is -2.10. The molecule has 0 unspecified atom stereocenters. The monoisotopic (exact) mass is 306 g/mol. The molecule has 1 amide bonds. The fraction of sp³-hybridized carbons (Fsp3) is 0. The lowest BCUT2D eigenvalue weighted by atomic mass is 10.2. The molecule has 0 spiro atoms. The molecule has 0 saturated carbocycles. The van der Waals surface area contributed by atoms with Crippen LogP contribution < -0.4 is 10.9 Å². The third-order valence-electron chi connectivity index (χ3n) is 2.26. The van der Waals surface area contributed by atoms with Crippen LogP contribution in [0.4, 0.5) is 0 Å². The number of furan rings is 1. The predicted molar refractivity (Wildman–Crippen MR) is 72.5 cm³/mol. The van der Waals surface area contributed by atoms with Gasteiger partial charge in [-0.1, -0.05) is 34.6 Å². The van der Waals surface area contributed by atoms with Crippen LogP contribution >= 0.6 is 15.9 Å². The minimum absolute atomic E-state index is 0.242. The number of carbonyl (C=O) groups excluding carboxylic acids is 1. The summed E-state index contributed by atoms with van der Waals surface area (Å²) in [6.07, 6.45) is 1.44. The van der Waals surface area contributed by atoms with Crippen LogP contribution in [0.2, 0.25) is 0 Å². The maximum atomic E-state index is 11.6. The summed E-state index contributed by atoms with van der Waals surface area (Å²) in [5.41, 5.74) is 6.73. The van der Waals surface area contributed by atoms with Crippen molar-refractivity contribution in [1.29, 1.82) is 0 Å². The number of halogens is 1. The van der Waals surface area contributed by atoms with E-state index in [9.17, 15) is 4.79 Å². The Morgan fingerprint density at radius 2 is 1.89 bits per heavy atom. The summed E-state index contributed by atoms with van der Waals surface area (Å²) in [6.45, 7) is 3.84. The highest BCUT2D eigenvalue weighted by Crippen LogP contribution is 2.14. The van der Waals surface area contributed by atoms with E-state index in [4.69, 9.17) is 4.42 Å².